The monoisotopic (exact) mass is 318 g/mol. The molecule has 0 unspecified atom stereocenters. The number of carbonyl (C=O) groups is 2. The van der Waals surface area contributed by atoms with Gasteiger partial charge in [-0.05, 0) is 26.8 Å². The van der Waals surface area contributed by atoms with Crippen molar-refractivity contribution in [3.63, 3.8) is 0 Å². The molecule has 0 radical (unpaired) electrons. The summed E-state index contributed by atoms with van der Waals surface area (Å²) in [6.07, 6.45) is 0. The molecule has 0 saturated heterocycles. The fraction of sp³-hybridized carbons (Fsp3) is 0.375. The zero-order valence-corrected chi connectivity index (χ0v) is 13.5. The van der Waals surface area contributed by atoms with Gasteiger partial charge in [-0.1, -0.05) is 12.1 Å². The van der Waals surface area contributed by atoms with Crippen LogP contribution in [0, 0.1) is 10.6 Å². The Balaban J connectivity index is 2.48. The summed E-state index contributed by atoms with van der Waals surface area (Å²) in [7, 11) is 1.17. The Bertz CT molecular complexity index is 765. The molecule has 0 saturated carbocycles. The first-order valence-corrected chi connectivity index (χ1v) is 7.02. The molecule has 0 N–H and O–H groups in total. The second kappa shape index (κ2) is 6.20. The zero-order chi connectivity index (χ0) is 17.2. The smallest absolute Gasteiger partial charge is 0.406 e. The fourth-order valence-electron chi connectivity index (χ4n) is 1.91. The molecule has 2 aromatic rings. The van der Waals surface area contributed by atoms with Gasteiger partial charge in [0.1, 0.15) is 12.1 Å². The second-order valence-corrected chi connectivity index (χ2v) is 6.01. The maximum atomic E-state index is 12.4. The number of rotatable bonds is 3. The summed E-state index contributed by atoms with van der Waals surface area (Å²) < 4.78 is 10.3. The molecule has 0 spiro atoms. The molecule has 23 heavy (non-hydrogen) atoms. The lowest BCUT2D eigenvalue weighted by atomic mass is 9.97. The summed E-state index contributed by atoms with van der Waals surface area (Å²) in [5.74, 6) is -1.29. The number of methoxy groups -OCH3 is 1. The van der Waals surface area contributed by atoms with Gasteiger partial charge in [-0.2, -0.15) is 4.73 Å². The Morgan fingerprint density at radius 3 is 2.52 bits per heavy atom. The normalized spacial score (nSPS) is 11.3. The first-order valence-electron chi connectivity index (χ1n) is 7.02. The van der Waals surface area contributed by atoms with Crippen molar-refractivity contribution in [1.29, 1.82) is 0 Å². The van der Waals surface area contributed by atoms with E-state index in [0.717, 1.165) is 0 Å². The van der Waals surface area contributed by atoms with Gasteiger partial charge in [0.15, 0.2) is 5.69 Å². The van der Waals surface area contributed by atoms with Crippen LogP contribution in [0.1, 0.15) is 37.0 Å². The number of nitrogens with zero attached hydrogens (tertiary/aromatic N) is 2. The van der Waals surface area contributed by atoms with Crippen molar-refractivity contribution in [1.82, 2.24) is 4.98 Å². The quantitative estimate of drug-likeness (QED) is 0.486. The van der Waals surface area contributed by atoms with Gasteiger partial charge in [0.25, 0.3) is 0 Å². The van der Waals surface area contributed by atoms with Crippen LogP contribution in [0.15, 0.2) is 24.3 Å². The second-order valence-electron chi connectivity index (χ2n) is 6.01. The summed E-state index contributed by atoms with van der Waals surface area (Å²) in [4.78, 5) is 28.1. The predicted octanol–water partition coefficient (Wildman–Crippen LogP) is 1.74. The lowest BCUT2D eigenvalue weighted by molar-refractivity contribution is -0.581. The van der Waals surface area contributed by atoms with Crippen LogP contribution >= 0.6 is 0 Å². The molecule has 7 nitrogen and oxygen atoms in total. The van der Waals surface area contributed by atoms with E-state index in [2.05, 4.69) is 9.72 Å². The molecule has 1 aromatic heterocycles. The molecular weight excluding hydrogens is 300 g/mol. The van der Waals surface area contributed by atoms with E-state index in [-0.39, 0.29) is 23.5 Å². The molecule has 0 atom stereocenters. The van der Waals surface area contributed by atoms with E-state index in [4.69, 9.17) is 4.74 Å². The molecule has 1 aromatic carbocycles. The highest BCUT2D eigenvalue weighted by atomic mass is 16.5. The van der Waals surface area contributed by atoms with Gasteiger partial charge in [-0.15, -0.1) is 0 Å². The van der Waals surface area contributed by atoms with Gasteiger partial charge in [0.2, 0.25) is 5.52 Å². The van der Waals surface area contributed by atoms with Crippen LogP contribution < -0.4 is 4.73 Å². The van der Waals surface area contributed by atoms with Gasteiger partial charge in [-0.3, -0.25) is 4.79 Å². The predicted molar refractivity (Wildman–Crippen MR) is 81.3 cm³/mol. The number of esters is 2. The third-order valence-electron chi connectivity index (χ3n) is 3.16. The first kappa shape index (κ1) is 16.7. The Kier molecular flexibility index (Phi) is 4.49. The molecular formula is C16H18N2O5. The molecule has 0 aliphatic carbocycles. The van der Waals surface area contributed by atoms with Crippen LogP contribution in [-0.4, -0.2) is 24.0 Å². The van der Waals surface area contributed by atoms with Crippen LogP contribution in [0.2, 0.25) is 0 Å². The number of aromatic nitrogens is 2. The summed E-state index contributed by atoms with van der Waals surface area (Å²) in [5.41, 5.74) is -0.290. The van der Waals surface area contributed by atoms with Gasteiger partial charge in [-0.25, -0.2) is 9.78 Å². The number of hydrogen-bond donors (Lipinski definition) is 0. The van der Waals surface area contributed by atoms with Gasteiger partial charge < -0.3 is 14.7 Å². The van der Waals surface area contributed by atoms with Crippen molar-refractivity contribution in [3.8, 4) is 0 Å². The maximum Gasteiger partial charge on any atom is 0.406 e. The van der Waals surface area contributed by atoms with Crippen LogP contribution in [0.25, 0.3) is 11.0 Å². The van der Waals surface area contributed by atoms with Crippen LogP contribution in [0.3, 0.4) is 0 Å². The molecule has 7 heteroatoms. The summed E-state index contributed by atoms with van der Waals surface area (Å²) in [6, 6.07) is 6.57. The maximum absolute atomic E-state index is 12.4. The van der Waals surface area contributed by atoms with Gasteiger partial charge in [0, 0.05) is 6.07 Å². The van der Waals surface area contributed by atoms with E-state index < -0.39 is 17.4 Å². The number of hydrogen-bond acceptors (Lipinski definition) is 6. The number of ether oxygens (including phenoxy) is 2. The van der Waals surface area contributed by atoms with Crippen molar-refractivity contribution < 1.29 is 23.8 Å². The highest BCUT2D eigenvalue weighted by Crippen LogP contribution is 2.18. The largest absolute Gasteiger partial charge is 0.618 e. The highest BCUT2D eigenvalue weighted by molar-refractivity contribution is 5.88. The van der Waals surface area contributed by atoms with Gasteiger partial charge in [0.05, 0.1) is 12.5 Å². The Morgan fingerprint density at radius 2 is 1.91 bits per heavy atom. The Labute approximate surface area is 133 Å². The standard InChI is InChI=1S/C16H18N2O5/c1-16(2,3)15(20)23-9-11-13(14(19)22-4)18(21)12-8-6-5-7-10(12)17-11/h5-8H,9H2,1-4H3. The summed E-state index contributed by atoms with van der Waals surface area (Å²) >= 11 is 0. The van der Waals surface area contributed by atoms with E-state index in [1.54, 1.807) is 45.0 Å². The van der Waals surface area contributed by atoms with Crippen molar-refractivity contribution in [2.45, 2.75) is 27.4 Å². The van der Waals surface area contributed by atoms with E-state index in [1.807, 2.05) is 0 Å². The minimum absolute atomic E-state index is 0.0585. The molecule has 0 aliphatic rings. The lowest BCUT2D eigenvalue weighted by Gasteiger charge is -2.17. The van der Waals surface area contributed by atoms with Crippen LogP contribution in [-0.2, 0) is 20.9 Å². The molecule has 0 aliphatic heterocycles. The lowest BCUT2D eigenvalue weighted by Crippen LogP contribution is -2.38. The number of carbonyl (C=O) groups excluding carboxylic acids is 2. The molecule has 0 fully saturated rings. The van der Waals surface area contributed by atoms with Crippen molar-refractivity contribution in [2.24, 2.45) is 5.41 Å². The Morgan fingerprint density at radius 1 is 1.26 bits per heavy atom. The van der Waals surface area contributed by atoms with E-state index in [1.165, 1.54) is 7.11 Å². The van der Waals surface area contributed by atoms with E-state index >= 15 is 0 Å². The zero-order valence-electron chi connectivity index (χ0n) is 13.5. The summed E-state index contributed by atoms with van der Waals surface area (Å²) in [6.45, 7) is 4.84. The van der Waals surface area contributed by atoms with E-state index in [9.17, 15) is 14.8 Å². The number of fused-ring (bicyclic) bond motifs is 1. The average molecular weight is 318 g/mol. The van der Waals surface area contributed by atoms with Crippen LogP contribution in [0.5, 0.6) is 0 Å². The van der Waals surface area contributed by atoms with Gasteiger partial charge >= 0.3 is 17.6 Å². The Hall–Kier alpha value is -2.70. The third kappa shape index (κ3) is 3.39. The fourth-order valence-corrected chi connectivity index (χ4v) is 1.91. The first-order chi connectivity index (χ1) is 10.8. The third-order valence-corrected chi connectivity index (χ3v) is 3.16. The minimum Gasteiger partial charge on any atom is -0.618 e. The highest BCUT2D eigenvalue weighted by Gasteiger charge is 2.29. The number of para-hydroxylation sites is 2. The number of benzene rings is 1. The average Bonchev–Trinajstić information content (AvgIpc) is 2.51. The van der Waals surface area contributed by atoms with E-state index in [0.29, 0.717) is 10.2 Å². The molecule has 2 rings (SSSR count). The van der Waals surface area contributed by atoms with Crippen molar-refractivity contribution in [3.05, 3.63) is 40.9 Å². The minimum atomic E-state index is -0.833. The molecule has 1 heterocycles. The molecule has 0 amide bonds. The SMILES string of the molecule is COC(=O)c1c(COC(=O)C(C)(C)C)nc2ccccc2[n+]1[O-]. The van der Waals surface area contributed by atoms with Crippen molar-refractivity contribution in [2.75, 3.05) is 7.11 Å². The van der Waals surface area contributed by atoms with Crippen molar-refractivity contribution >= 4 is 23.0 Å². The molecule has 122 valence electrons. The summed E-state index contributed by atoms with van der Waals surface area (Å²) in [5, 5.41) is 12.4. The topological polar surface area (TPSA) is 92.4 Å². The van der Waals surface area contributed by atoms with Crippen LogP contribution in [0.4, 0.5) is 0 Å². The molecule has 0 bridgehead atoms.